The first-order valence-electron chi connectivity index (χ1n) is 7.68. The molecule has 4 atom stereocenters. The molecule has 0 spiro atoms. The molecule has 0 aromatic heterocycles. The predicted octanol–water partition coefficient (Wildman–Crippen LogP) is 2.87. The Kier molecular flexibility index (Phi) is 4.87. The Morgan fingerprint density at radius 1 is 1.18 bits per heavy atom. The van der Waals surface area contributed by atoms with Gasteiger partial charge in [0.1, 0.15) is 0 Å². The summed E-state index contributed by atoms with van der Waals surface area (Å²) in [6.45, 7) is 8.29. The summed E-state index contributed by atoms with van der Waals surface area (Å²) in [7, 11) is 0. The molecule has 2 nitrogen and oxygen atoms in total. The van der Waals surface area contributed by atoms with E-state index in [1.165, 1.54) is 51.6 Å². The van der Waals surface area contributed by atoms with Crippen LogP contribution >= 0.6 is 0 Å². The minimum absolute atomic E-state index is 0.375. The van der Waals surface area contributed by atoms with Gasteiger partial charge in [-0.2, -0.15) is 0 Å². The highest BCUT2D eigenvalue weighted by Gasteiger charge is 2.31. The predicted molar refractivity (Wildman–Crippen MR) is 73.9 cm³/mol. The first-order valence-corrected chi connectivity index (χ1v) is 7.68. The van der Waals surface area contributed by atoms with Crippen molar-refractivity contribution in [2.75, 3.05) is 19.6 Å². The largest absolute Gasteiger partial charge is 0.326 e. The number of rotatable bonds is 4. The highest BCUT2D eigenvalue weighted by molar-refractivity contribution is 4.85. The number of nitrogens with zero attached hydrogens (tertiary/aromatic N) is 1. The Bertz CT molecular complexity index is 227. The molecule has 2 heteroatoms. The van der Waals surface area contributed by atoms with Crippen LogP contribution in [-0.4, -0.2) is 30.6 Å². The van der Waals surface area contributed by atoms with Crippen molar-refractivity contribution >= 4 is 0 Å². The van der Waals surface area contributed by atoms with Crippen LogP contribution in [0.25, 0.3) is 0 Å². The second kappa shape index (κ2) is 6.19. The normalized spacial score (nSPS) is 34.1. The monoisotopic (exact) mass is 238 g/mol. The number of nitrogens with two attached hydrogens (primary N) is 1. The van der Waals surface area contributed by atoms with Crippen LogP contribution in [0.4, 0.5) is 0 Å². The molecule has 100 valence electrons. The number of likely N-dealkylation sites (tertiary alicyclic amines) is 1. The number of hydrogen-bond acceptors (Lipinski definition) is 2. The van der Waals surface area contributed by atoms with Crippen molar-refractivity contribution in [1.82, 2.24) is 4.90 Å². The van der Waals surface area contributed by atoms with Crippen molar-refractivity contribution in [1.29, 1.82) is 0 Å². The van der Waals surface area contributed by atoms with E-state index in [0.717, 1.165) is 18.4 Å². The topological polar surface area (TPSA) is 29.3 Å². The van der Waals surface area contributed by atoms with E-state index < -0.39 is 0 Å². The van der Waals surface area contributed by atoms with Crippen LogP contribution in [0.1, 0.15) is 52.4 Å². The fourth-order valence-electron chi connectivity index (χ4n) is 3.62. The summed E-state index contributed by atoms with van der Waals surface area (Å²) in [4.78, 5) is 2.64. The van der Waals surface area contributed by atoms with Crippen molar-refractivity contribution < 1.29 is 0 Å². The van der Waals surface area contributed by atoms with E-state index >= 15 is 0 Å². The van der Waals surface area contributed by atoms with Crippen LogP contribution < -0.4 is 5.73 Å². The van der Waals surface area contributed by atoms with E-state index in [2.05, 4.69) is 18.7 Å². The fraction of sp³-hybridized carbons (Fsp3) is 1.00. The number of piperidine rings is 1. The van der Waals surface area contributed by atoms with Gasteiger partial charge in [0.25, 0.3) is 0 Å². The zero-order chi connectivity index (χ0) is 12.3. The third kappa shape index (κ3) is 3.45. The summed E-state index contributed by atoms with van der Waals surface area (Å²) in [5.74, 6) is 2.69. The van der Waals surface area contributed by atoms with E-state index in [-0.39, 0.29) is 0 Å². The van der Waals surface area contributed by atoms with Gasteiger partial charge in [0, 0.05) is 19.1 Å². The van der Waals surface area contributed by atoms with Crippen LogP contribution in [0.2, 0.25) is 0 Å². The molecule has 0 bridgehead atoms. The maximum Gasteiger partial charge on any atom is 0.0193 e. The lowest BCUT2D eigenvalue weighted by Gasteiger charge is -2.42. The maximum atomic E-state index is 6.28. The second-order valence-corrected chi connectivity index (χ2v) is 6.40. The Labute approximate surface area is 107 Å². The third-order valence-corrected chi connectivity index (χ3v) is 5.22. The molecular weight excluding hydrogens is 208 g/mol. The van der Waals surface area contributed by atoms with Gasteiger partial charge in [0.2, 0.25) is 0 Å². The van der Waals surface area contributed by atoms with E-state index in [0.29, 0.717) is 12.0 Å². The van der Waals surface area contributed by atoms with E-state index in [4.69, 9.17) is 5.73 Å². The summed E-state index contributed by atoms with van der Waals surface area (Å²) >= 11 is 0. The summed E-state index contributed by atoms with van der Waals surface area (Å²) in [6, 6.07) is 0.375. The van der Waals surface area contributed by atoms with Gasteiger partial charge >= 0.3 is 0 Å². The van der Waals surface area contributed by atoms with Gasteiger partial charge in [0.05, 0.1) is 0 Å². The minimum atomic E-state index is 0.375. The standard InChI is InChI=1S/C15H30N2/c1-3-12(2)15(16)11-17-9-8-13-6-4-5-7-14(13)10-17/h12-15H,3-11,16H2,1-2H3/t12-,13+,14-,15+/m1/s1. The van der Waals surface area contributed by atoms with Crippen LogP contribution in [0.3, 0.4) is 0 Å². The van der Waals surface area contributed by atoms with Crippen LogP contribution in [0.5, 0.6) is 0 Å². The molecule has 2 N–H and O–H groups in total. The molecule has 0 aromatic rings. The minimum Gasteiger partial charge on any atom is -0.326 e. The Balaban J connectivity index is 1.79. The van der Waals surface area contributed by atoms with Crippen molar-refractivity contribution in [2.24, 2.45) is 23.5 Å². The summed E-state index contributed by atoms with van der Waals surface area (Å²) < 4.78 is 0. The molecule has 0 radical (unpaired) electrons. The van der Waals surface area contributed by atoms with Crippen LogP contribution in [0.15, 0.2) is 0 Å². The van der Waals surface area contributed by atoms with Crippen molar-refractivity contribution in [3.05, 3.63) is 0 Å². The summed E-state index contributed by atoms with van der Waals surface area (Å²) in [6.07, 6.45) is 8.55. The lowest BCUT2D eigenvalue weighted by Crippen LogP contribution is -2.48. The van der Waals surface area contributed by atoms with E-state index in [1.54, 1.807) is 0 Å². The SMILES string of the molecule is CC[C@@H](C)[C@@H](N)CN1CC[C@@H]2CCCC[C@@H]2C1. The molecule has 0 unspecified atom stereocenters. The average molecular weight is 238 g/mol. The Morgan fingerprint density at radius 3 is 2.59 bits per heavy atom. The average Bonchev–Trinajstić information content (AvgIpc) is 2.37. The Hall–Kier alpha value is -0.0800. The fourth-order valence-corrected chi connectivity index (χ4v) is 3.62. The molecule has 17 heavy (non-hydrogen) atoms. The Morgan fingerprint density at radius 2 is 1.88 bits per heavy atom. The van der Waals surface area contributed by atoms with Gasteiger partial charge in [-0.3, -0.25) is 0 Å². The summed E-state index contributed by atoms with van der Waals surface area (Å²) in [5, 5.41) is 0. The number of fused-ring (bicyclic) bond motifs is 1. The van der Waals surface area contributed by atoms with Gasteiger partial charge in [-0.1, -0.05) is 39.5 Å². The smallest absolute Gasteiger partial charge is 0.0193 e. The third-order valence-electron chi connectivity index (χ3n) is 5.22. The van der Waals surface area contributed by atoms with E-state index in [1.807, 2.05) is 0 Å². The van der Waals surface area contributed by atoms with Gasteiger partial charge in [-0.15, -0.1) is 0 Å². The highest BCUT2D eigenvalue weighted by atomic mass is 15.1. The maximum absolute atomic E-state index is 6.28. The zero-order valence-corrected chi connectivity index (χ0v) is 11.7. The van der Waals surface area contributed by atoms with Crippen LogP contribution in [0, 0.1) is 17.8 Å². The van der Waals surface area contributed by atoms with Crippen molar-refractivity contribution in [3.63, 3.8) is 0 Å². The molecule has 0 aromatic carbocycles. The van der Waals surface area contributed by atoms with E-state index in [9.17, 15) is 0 Å². The van der Waals surface area contributed by atoms with Gasteiger partial charge < -0.3 is 10.6 Å². The number of hydrogen-bond donors (Lipinski definition) is 1. The molecule has 2 fully saturated rings. The summed E-state index contributed by atoms with van der Waals surface area (Å²) in [5.41, 5.74) is 6.28. The molecule has 1 aliphatic heterocycles. The molecule has 1 aliphatic carbocycles. The zero-order valence-electron chi connectivity index (χ0n) is 11.7. The van der Waals surface area contributed by atoms with Gasteiger partial charge in [0.15, 0.2) is 0 Å². The lowest BCUT2D eigenvalue weighted by atomic mass is 9.75. The molecule has 1 saturated carbocycles. The molecule has 2 aliphatic rings. The quantitative estimate of drug-likeness (QED) is 0.816. The van der Waals surface area contributed by atoms with Crippen LogP contribution in [-0.2, 0) is 0 Å². The van der Waals surface area contributed by atoms with Crippen molar-refractivity contribution in [2.45, 2.75) is 58.4 Å². The van der Waals surface area contributed by atoms with Gasteiger partial charge in [-0.25, -0.2) is 0 Å². The lowest BCUT2D eigenvalue weighted by molar-refractivity contribution is 0.0785. The first-order chi connectivity index (χ1) is 8.20. The molecule has 1 saturated heterocycles. The first kappa shape index (κ1) is 13.4. The molecule has 1 heterocycles. The molecule has 2 rings (SSSR count). The molecular formula is C15H30N2. The van der Waals surface area contributed by atoms with Gasteiger partial charge in [-0.05, 0) is 37.1 Å². The second-order valence-electron chi connectivity index (χ2n) is 6.40. The van der Waals surface area contributed by atoms with Crippen molar-refractivity contribution in [3.8, 4) is 0 Å². The highest BCUT2D eigenvalue weighted by Crippen LogP contribution is 2.36. The molecule has 0 amide bonds.